The summed E-state index contributed by atoms with van der Waals surface area (Å²) in [6.45, 7) is 3.71. The van der Waals surface area contributed by atoms with Crippen LogP contribution in [-0.2, 0) is 0 Å². The minimum atomic E-state index is -0.457. The third kappa shape index (κ3) is 2.78. The molecule has 6 heteroatoms. The van der Waals surface area contributed by atoms with Crippen LogP contribution in [0.5, 0.6) is 0 Å². The maximum absolute atomic E-state index is 10.8. The summed E-state index contributed by atoms with van der Waals surface area (Å²) in [5, 5.41) is 10.8. The second kappa shape index (κ2) is 5.44. The molecular weight excluding hydrogens is 244 g/mol. The highest BCUT2D eigenvalue weighted by molar-refractivity contribution is 5.67. The van der Waals surface area contributed by atoms with Crippen molar-refractivity contribution in [3.05, 3.63) is 28.3 Å². The quantitative estimate of drug-likeness (QED) is 0.492. The molecule has 1 aliphatic heterocycles. The molecular formula is C13H20N4O2. The number of nitrogens with zero attached hydrogens (tertiary/aromatic N) is 2. The Hall–Kier alpha value is -1.82. The van der Waals surface area contributed by atoms with Crippen LogP contribution in [0.3, 0.4) is 0 Å². The molecule has 0 saturated carbocycles. The van der Waals surface area contributed by atoms with Crippen molar-refractivity contribution in [1.82, 2.24) is 0 Å². The number of hydrogen-bond acceptors (Lipinski definition) is 5. The van der Waals surface area contributed by atoms with Crippen molar-refractivity contribution in [2.45, 2.75) is 25.8 Å². The predicted molar refractivity (Wildman–Crippen MR) is 76.1 cm³/mol. The first kappa shape index (κ1) is 13.6. The van der Waals surface area contributed by atoms with Gasteiger partial charge >= 0.3 is 0 Å². The molecule has 2 unspecified atom stereocenters. The van der Waals surface area contributed by atoms with Crippen molar-refractivity contribution in [1.29, 1.82) is 0 Å². The van der Waals surface area contributed by atoms with Crippen molar-refractivity contribution in [2.24, 2.45) is 11.7 Å². The number of nitrogens with two attached hydrogens (primary N) is 2. The summed E-state index contributed by atoms with van der Waals surface area (Å²) >= 11 is 0. The average molecular weight is 264 g/mol. The summed E-state index contributed by atoms with van der Waals surface area (Å²) in [7, 11) is 0. The zero-order valence-electron chi connectivity index (χ0n) is 11.1. The third-order valence-corrected chi connectivity index (χ3v) is 3.85. The van der Waals surface area contributed by atoms with E-state index in [1.807, 2.05) is 0 Å². The molecule has 2 rings (SSSR count). The Balaban J connectivity index is 2.25. The largest absolute Gasteiger partial charge is 0.393 e. The Morgan fingerprint density at radius 1 is 1.47 bits per heavy atom. The van der Waals surface area contributed by atoms with Gasteiger partial charge in [-0.25, -0.2) is 0 Å². The highest BCUT2D eigenvalue weighted by Crippen LogP contribution is 2.31. The van der Waals surface area contributed by atoms with Gasteiger partial charge in [0.2, 0.25) is 0 Å². The minimum Gasteiger partial charge on any atom is -0.393 e. The Bertz CT molecular complexity index is 478. The molecule has 1 aromatic rings. The van der Waals surface area contributed by atoms with Gasteiger partial charge in [0.05, 0.1) is 4.92 Å². The van der Waals surface area contributed by atoms with Crippen LogP contribution in [0.1, 0.15) is 19.8 Å². The van der Waals surface area contributed by atoms with Crippen LogP contribution in [0, 0.1) is 16.0 Å². The lowest BCUT2D eigenvalue weighted by Gasteiger charge is -2.39. The van der Waals surface area contributed by atoms with E-state index < -0.39 is 4.92 Å². The van der Waals surface area contributed by atoms with Crippen LogP contribution in [0.15, 0.2) is 18.2 Å². The van der Waals surface area contributed by atoms with Crippen molar-refractivity contribution in [2.75, 3.05) is 23.7 Å². The number of benzene rings is 1. The first-order chi connectivity index (χ1) is 9.02. The van der Waals surface area contributed by atoms with Crippen LogP contribution in [-0.4, -0.2) is 24.1 Å². The van der Waals surface area contributed by atoms with Gasteiger partial charge in [-0.2, -0.15) is 0 Å². The van der Waals surface area contributed by atoms with Gasteiger partial charge in [-0.05, 0) is 44.4 Å². The topological polar surface area (TPSA) is 98.4 Å². The van der Waals surface area contributed by atoms with E-state index in [1.165, 1.54) is 6.07 Å². The van der Waals surface area contributed by atoms with Gasteiger partial charge in [-0.15, -0.1) is 0 Å². The van der Waals surface area contributed by atoms with Crippen molar-refractivity contribution in [3.63, 3.8) is 0 Å². The highest BCUT2D eigenvalue weighted by Gasteiger charge is 2.25. The van der Waals surface area contributed by atoms with E-state index in [9.17, 15) is 10.1 Å². The monoisotopic (exact) mass is 264 g/mol. The summed E-state index contributed by atoms with van der Waals surface area (Å²) < 4.78 is 0. The first-order valence-corrected chi connectivity index (χ1v) is 6.53. The number of hydrogen-bond donors (Lipinski definition) is 2. The van der Waals surface area contributed by atoms with Crippen LogP contribution < -0.4 is 16.4 Å². The molecule has 0 amide bonds. The predicted octanol–water partition coefficient (Wildman–Crippen LogP) is 1.74. The van der Waals surface area contributed by atoms with Crippen molar-refractivity contribution < 1.29 is 4.92 Å². The maximum atomic E-state index is 10.8. The molecule has 0 bridgehead atoms. The number of nitro benzene ring substituents is 1. The molecule has 1 aromatic carbocycles. The average Bonchev–Trinajstić information content (AvgIpc) is 2.38. The van der Waals surface area contributed by atoms with Crippen molar-refractivity contribution >= 4 is 17.1 Å². The molecule has 0 aliphatic carbocycles. The summed E-state index contributed by atoms with van der Waals surface area (Å²) in [6, 6.07) is 5.34. The Morgan fingerprint density at radius 3 is 2.79 bits per heavy atom. The van der Waals surface area contributed by atoms with Gasteiger partial charge in [-0.1, -0.05) is 0 Å². The number of piperidine rings is 1. The lowest BCUT2D eigenvalue weighted by Crippen LogP contribution is -2.44. The zero-order chi connectivity index (χ0) is 14.0. The minimum absolute atomic E-state index is 0.0382. The molecule has 1 aliphatic rings. The molecule has 1 fully saturated rings. The van der Waals surface area contributed by atoms with E-state index in [1.54, 1.807) is 12.1 Å². The fraction of sp³-hybridized carbons (Fsp3) is 0.538. The van der Waals surface area contributed by atoms with E-state index in [0.717, 1.165) is 25.1 Å². The number of rotatable bonds is 3. The molecule has 2 atom stereocenters. The molecule has 1 heterocycles. The molecule has 0 aromatic heterocycles. The molecule has 19 heavy (non-hydrogen) atoms. The normalized spacial score (nSPS) is 23.4. The van der Waals surface area contributed by atoms with Crippen molar-refractivity contribution in [3.8, 4) is 0 Å². The second-order valence-electron chi connectivity index (χ2n) is 5.18. The lowest BCUT2D eigenvalue weighted by molar-refractivity contribution is -0.383. The molecule has 6 nitrogen and oxygen atoms in total. The van der Waals surface area contributed by atoms with Gasteiger partial charge in [0.1, 0.15) is 5.69 Å². The fourth-order valence-corrected chi connectivity index (χ4v) is 2.62. The van der Waals surface area contributed by atoms with E-state index in [4.69, 9.17) is 11.5 Å². The van der Waals surface area contributed by atoms with E-state index >= 15 is 0 Å². The summed E-state index contributed by atoms with van der Waals surface area (Å²) in [5.74, 6) is 0.479. The molecule has 1 saturated heterocycles. The Morgan fingerprint density at radius 2 is 2.21 bits per heavy atom. The van der Waals surface area contributed by atoms with E-state index in [2.05, 4.69) is 11.8 Å². The molecule has 0 radical (unpaired) electrons. The smallest absolute Gasteiger partial charge is 0.292 e. The number of nitrogen functional groups attached to an aromatic ring is 1. The highest BCUT2D eigenvalue weighted by atomic mass is 16.6. The van der Waals surface area contributed by atoms with Gasteiger partial charge in [-0.3, -0.25) is 10.1 Å². The lowest BCUT2D eigenvalue weighted by atomic mass is 9.93. The molecule has 4 N–H and O–H groups in total. The van der Waals surface area contributed by atoms with E-state index in [0.29, 0.717) is 18.5 Å². The van der Waals surface area contributed by atoms with E-state index in [-0.39, 0.29) is 11.4 Å². The summed E-state index contributed by atoms with van der Waals surface area (Å²) in [4.78, 5) is 12.5. The second-order valence-corrected chi connectivity index (χ2v) is 5.18. The zero-order valence-corrected chi connectivity index (χ0v) is 11.1. The van der Waals surface area contributed by atoms with Gasteiger partial charge in [0, 0.05) is 24.3 Å². The van der Waals surface area contributed by atoms with Gasteiger partial charge in [0.25, 0.3) is 5.69 Å². The van der Waals surface area contributed by atoms with Crippen LogP contribution in [0.25, 0.3) is 0 Å². The van der Waals surface area contributed by atoms with Crippen LogP contribution >= 0.6 is 0 Å². The third-order valence-electron chi connectivity index (χ3n) is 3.85. The fourth-order valence-electron chi connectivity index (χ4n) is 2.62. The van der Waals surface area contributed by atoms with Gasteiger partial charge in [0.15, 0.2) is 0 Å². The number of anilines is 2. The molecule has 104 valence electrons. The van der Waals surface area contributed by atoms with Gasteiger partial charge < -0.3 is 16.4 Å². The standard InChI is InChI=1S/C13H20N4O2/c1-9-2-3-10(7-14)8-16(9)11-4-5-13(17(18)19)12(15)6-11/h4-6,9-10H,2-3,7-8,14-15H2,1H3. The SMILES string of the molecule is CC1CCC(CN)CN1c1ccc([N+](=O)[O-])c(N)c1. The maximum Gasteiger partial charge on any atom is 0.292 e. The Labute approximate surface area is 112 Å². The van der Waals surface area contributed by atoms with Crippen LogP contribution in [0.2, 0.25) is 0 Å². The van der Waals surface area contributed by atoms with Crippen LogP contribution in [0.4, 0.5) is 17.1 Å². The first-order valence-electron chi connectivity index (χ1n) is 6.53. The molecule has 0 spiro atoms. The summed E-state index contributed by atoms with van der Waals surface area (Å²) in [5.41, 5.74) is 12.6. The number of nitro groups is 1. The Kier molecular flexibility index (Phi) is 3.90. The summed E-state index contributed by atoms with van der Waals surface area (Å²) in [6.07, 6.45) is 2.22.